The van der Waals surface area contributed by atoms with Crippen molar-refractivity contribution in [1.82, 2.24) is 10.1 Å². The summed E-state index contributed by atoms with van der Waals surface area (Å²) in [7, 11) is 0. The molecule has 1 aromatic carbocycles. The Bertz CT molecular complexity index is 622. The van der Waals surface area contributed by atoms with Gasteiger partial charge in [0.1, 0.15) is 0 Å². The van der Waals surface area contributed by atoms with Gasteiger partial charge in [-0.05, 0) is 12.1 Å². The lowest BCUT2D eigenvalue weighted by atomic mass is 10.1. The Kier molecular flexibility index (Phi) is 3.47. The summed E-state index contributed by atoms with van der Waals surface area (Å²) in [6.45, 7) is 0. The van der Waals surface area contributed by atoms with E-state index in [4.69, 9.17) is 0 Å². The maximum absolute atomic E-state index is 12.3. The van der Waals surface area contributed by atoms with E-state index in [9.17, 15) is 18.0 Å². The SMILES string of the molecule is O=C(N=[SH4])c1ccc(-c2noc(C(F)(F)F)n2)cc1. The largest absolute Gasteiger partial charge is 0.471 e. The molecule has 2 rings (SSSR count). The third-order valence-electron chi connectivity index (χ3n) is 2.20. The fourth-order valence-corrected chi connectivity index (χ4v) is 1.49. The van der Waals surface area contributed by atoms with Crippen LogP contribution in [0.2, 0.25) is 0 Å². The van der Waals surface area contributed by atoms with Crippen molar-refractivity contribution in [1.29, 1.82) is 0 Å². The van der Waals surface area contributed by atoms with E-state index >= 15 is 0 Å². The van der Waals surface area contributed by atoms with Gasteiger partial charge in [-0.3, -0.25) is 4.79 Å². The summed E-state index contributed by atoms with van der Waals surface area (Å²) in [4.78, 5) is 14.5. The fraction of sp³-hybridized carbons (Fsp3) is 0.100. The highest BCUT2D eigenvalue weighted by Gasteiger charge is 2.38. The van der Waals surface area contributed by atoms with E-state index in [0.29, 0.717) is 11.1 Å². The molecule has 1 aromatic heterocycles. The number of hydrogen-bond acceptors (Lipinski definition) is 4. The Labute approximate surface area is 109 Å². The molecule has 0 aliphatic carbocycles. The maximum Gasteiger partial charge on any atom is 0.471 e. The van der Waals surface area contributed by atoms with Crippen LogP contribution < -0.4 is 0 Å². The average Bonchev–Trinajstić information content (AvgIpc) is 2.87. The first kappa shape index (κ1) is 13.4. The van der Waals surface area contributed by atoms with Crippen molar-refractivity contribution >= 4 is 18.3 Å². The van der Waals surface area contributed by atoms with Crippen LogP contribution in [0.15, 0.2) is 33.2 Å². The molecule has 1 heterocycles. The summed E-state index contributed by atoms with van der Waals surface area (Å²) in [6, 6.07) is 5.70. The Morgan fingerprint density at radius 1 is 1.26 bits per heavy atom. The normalized spacial score (nSPS) is 11.4. The molecule has 0 saturated heterocycles. The highest BCUT2D eigenvalue weighted by Crippen LogP contribution is 2.29. The molecule has 0 spiro atoms. The molecule has 5 nitrogen and oxygen atoms in total. The zero-order chi connectivity index (χ0) is 14.0. The standard InChI is InChI=1S/C10H8F3N3O2S/c11-10(12,13)9-14-7(15-18-9)5-1-3-6(4-2-5)8(17)16-19/h1-4H,19H4. The number of nitrogens with zero attached hydrogens (tertiary/aromatic N) is 3. The minimum Gasteiger partial charge on any atom is -0.329 e. The van der Waals surface area contributed by atoms with E-state index in [2.05, 4.69) is 19.0 Å². The molecular formula is C10H8F3N3O2S. The molecule has 19 heavy (non-hydrogen) atoms. The number of carbonyl (C=O) groups excluding carboxylic acids is 1. The maximum atomic E-state index is 12.3. The number of hydrogen-bond donors (Lipinski definition) is 0. The highest BCUT2D eigenvalue weighted by molar-refractivity contribution is 7.47. The van der Waals surface area contributed by atoms with Crippen LogP contribution in [0, 0.1) is 0 Å². The molecule has 0 atom stereocenters. The smallest absolute Gasteiger partial charge is 0.329 e. The van der Waals surface area contributed by atoms with Crippen molar-refractivity contribution in [3.63, 3.8) is 0 Å². The number of halogens is 3. The number of amides is 1. The third-order valence-corrected chi connectivity index (χ3v) is 2.49. The first-order valence-electron chi connectivity index (χ1n) is 4.94. The molecule has 2 aromatic rings. The molecule has 0 aliphatic heterocycles. The van der Waals surface area contributed by atoms with Crippen LogP contribution >= 0.6 is 0 Å². The molecule has 0 aliphatic rings. The Morgan fingerprint density at radius 2 is 1.89 bits per heavy atom. The van der Waals surface area contributed by atoms with Crippen molar-refractivity contribution < 1.29 is 22.5 Å². The van der Waals surface area contributed by atoms with Gasteiger partial charge in [-0.2, -0.15) is 18.2 Å². The van der Waals surface area contributed by atoms with Crippen molar-refractivity contribution in [3.8, 4) is 11.4 Å². The van der Waals surface area contributed by atoms with Gasteiger partial charge < -0.3 is 4.52 Å². The minimum absolute atomic E-state index is 0.193. The summed E-state index contributed by atoms with van der Waals surface area (Å²) in [5.41, 5.74) is 0.646. The van der Waals surface area contributed by atoms with Gasteiger partial charge in [0.15, 0.2) is 0 Å². The quantitative estimate of drug-likeness (QED) is 0.842. The summed E-state index contributed by atoms with van der Waals surface area (Å²) >= 11 is 1.16. The van der Waals surface area contributed by atoms with Gasteiger partial charge in [0.05, 0.1) is 0 Å². The highest BCUT2D eigenvalue weighted by atomic mass is 32.1. The zero-order valence-electron chi connectivity index (χ0n) is 9.31. The second-order valence-corrected chi connectivity index (χ2v) is 3.78. The topological polar surface area (TPSA) is 68.3 Å². The molecule has 1 amide bonds. The zero-order valence-corrected chi connectivity index (χ0v) is 10.7. The van der Waals surface area contributed by atoms with Gasteiger partial charge in [-0.15, -0.1) is 0 Å². The van der Waals surface area contributed by atoms with E-state index in [1.165, 1.54) is 24.3 Å². The van der Waals surface area contributed by atoms with Crippen LogP contribution in [-0.4, -0.2) is 16.0 Å². The van der Waals surface area contributed by atoms with Crippen LogP contribution in [0.1, 0.15) is 16.2 Å². The van der Waals surface area contributed by atoms with E-state index in [-0.39, 0.29) is 5.82 Å². The van der Waals surface area contributed by atoms with Crippen molar-refractivity contribution in [2.45, 2.75) is 6.18 Å². The van der Waals surface area contributed by atoms with Gasteiger partial charge in [-0.25, -0.2) is 16.8 Å². The summed E-state index contributed by atoms with van der Waals surface area (Å²) in [6.07, 6.45) is -4.68. The van der Waals surface area contributed by atoms with Crippen LogP contribution in [0.5, 0.6) is 0 Å². The number of carbonyl (C=O) groups is 1. The van der Waals surface area contributed by atoms with Crippen LogP contribution in [0.3, 0.4) is 0 Å². The van der Waals surface area contributed by atoms with E-state index in [0.717, 1.165) is 12.4 Å². The number of aromatic nitrogens is 2. The Morgan fingerprint density at radius 3 is 2.37 bits per heavy atom. The summed E-state index contributed by atoms with van der Waals surface area (Å²) in [5.74, 6) is -2.01. The van der Waals surface area contributed by atoms with Crippen molar-refractivity contribution in [2.24, 2.45) is 4.36 Å². The number of benzene rings is 1. The molecule has 0 saturated carbocycles. The minimum atomic E-state index is -4.68. The molecule has 0 N–H and O–H groups in total. The second kappa shape index (κ2) is 4.92. The van der Waals surface area contributed by atoms with Gasteiger partial charge in [0.2, 0.25) is 5.82 Å². The van der Waals surface area contributed by atoms with Crippen LogP contribution in [0.25, 0.3) is 11.4 Å². The summed E-state index contributed by atoms with van der Waals surface area (Å²) < 4.78 is 44.4. The molecule has 102 valence electrons. The van der Waals surface area contributed by atoms with Crippen molar-refractivity contribution in [2.75, 3.05) is 0 Å². The Balaban J connectivity index is 2.30. The van der Waals surface area contributed by atoms with Crippen LogP contribution in [-0.2, 0) is 18.6 Å². The lowest BCUT2D eigenvalue weighted by Gasteiger charge is -1.97. The number of alkyl halides is 3. The molecule has 0 fully saturated rings. The summed E-state index contributed by atoms with van der Waals surface area (Å²) in [5, 5.41) is 3.23. The molecule has 0 radical (unpaired) electrons. The van der Waals surface area contributed by atoms with E-state index in [1.807, 2.05) is 0 Å². The average molecular weight is 291 g/mol. The molecule has 0 bridgehead atoms. The monoisotopic (exact) mass is 291 g/mol. The molecule has 0 unspecified atom stereocenters. The van der Waals surface area contributed by atoms with Gasteiger partial charge in [0, 0.05) is 11.1 Å². The van der Waals surface area contributed by atoms with E-state index < -0.39 is 18.0 Å². The first-order chi connectivity index (χ1) is 8.91. The van der Waals surface area contributed by atoms with Crippen molar-refractivity contribution in [3.05, 3.63) is 35.7 Å². The van der Waals surface area contributed by atoms with Gasteiger partial charge in [-0.1, -0.05) is 17.3 Å². The lowest BCUT2D eigenvalue weighted by molar-refractivity contribution is -0.159. The van der Waals surface area contributed by atoms with Crippen LogP contribution in [0.4, 0.5) is 13.2 Å². The van der Waals surface area contributed by atoms with Gasteiger partial charge in [0.25, 0.3) is 5.91 Å². The lowest BCUT2D eigenvalue weighted by Crippen LogP contribution is -2.04. The Hall–Kier alpha value is -2.03. The second-order valence-electron chi connectivity index (χ2n) is 3.46. The molecule has 9 heteroatoms. The first-order valence-corrected chi connectivity index (χ1v) is 5.57. The molecular weight excluding hydrogens is 283 g/mol. The number of rotatable bonds is 2. The predicted octanol–water partition coefficient (Wildman–Crippen LogP) is 1.56. The van der Waals surface area contributed by atoms with Gasteiger partial charge >= 0.3 is 12.1 Å². The predicted molar refractivity (Wildman–Crippen MR) is 64.4 cm³/mol. The van der Waals surface area contributed by atoms with E-state index in [1.54, 1.807) is 0 Å². The third kappa shape index (κ3) is 2.87. The fourth-order valence-electron chi connectivity index (χ4n) is 1.31.